The molecule has 0 heterocycles. The van der Waals surface area contributed by atoms with E-state index in [9.17, 15) is 5.11 Å². The molecule has 0 aliphatic heterocycles. The van der Waals surface area contributed by atoms with Crippen LogP contribution in [0.15, 0.2) is 0 Å². The van der Waals surface area contributed by atoms with Gasteiger partial charge in [-0.3, -0.25) is 5.32 Å². The lowest BCUT2D eigenvalue weighted by Crippen LogP contribution is -2.41. The molecule has 0 spiro atoms. The van der Waals surface area contributed by atoms with E-state index in [1.807, 2.05) is 13.8 Å². The highest BCUT2D eigenvalue weighted by Gasteiger charge is 2.16. The zero-order valence-electron chi connectivity index (χ0n) is 17.2. The molecule has 0 bridgehead atoms. The summed E-state index contributed by atoms with van der Waals surface area (Å²) in [4.78, 5) is 0. The summed E-state index contributed by atoms with van der Waals surface area (Å²) in [7, 11) is 0. The van der Waals surface area contributed by atoms with E-state index in [1.165, 1.54) is 96.3 Å². The van der Waals surface area contributed by atoms with Crippen LogP contribution < -0.4 is 5.32 Å². The van der Waals surface area contributed by atoms with E-state index in [1.54, 1.807) is 0 Å². The Morgan fingerprint density at radius 1 is 0.583 bits per heavy atom. The molecular weight excluding hydrogens is 294 g/mol. The van der Waals surface area contributed by atoms with Crippen LogP contribution in [0.25, 0.3) is 0 Å². The van der Waals surface area contributed by atoms with Gasteiger partial charge in [0.15, 0.2) is 0 Å². The average Bonchev–Trinajstić information content (AvgIpc) is 2.54. The van der Waals surface area contributed by atoms with E-state index < -0.39 is 5.72 Å². The van der Waals surface area contributed by atoms with E-state index in [-0.39, 0.29) is 0 Å². The Hall–Kier alpha value is -0.0800. The first-order valence-corrected chi connectivity index (χ1v) is 11.1. The molecule has 1 atom stereocenters. The first-order chi connectivity index (χ1) is 11.6. The maximum Gasteiger partial charge on any atom is 0.113 e. The van der Waals surface area contributed by atoms with Gasteiger partial charge in [-0.05, 0) is 26.3 Å². The summed E-state index contributed by atoms with van der Waals surface area (Å²) in [6, 6.07) is 0. The highest BCUT2D eigenvalue weighted by atomic mass is 16.3. The van der Waals surface area contributed by atoms with Gasteiger partial charge in [-0.1, -0.05) is 110 Å². The van der Waals surface area contributed by atoms with Gasteiger partial charge in [0.25, 0.3) is 0 Å². The predicted molar refractivity (Wildman–Crippen MR) is 108 cm³/mol. The molecule has 0 aliphatic rings. The van der Waals surface area contributed by atoms with Gasteiger partial charge in [0.2, 0.25) is 0 Å². The fourth-order valence-corrected chi connectivity index (χ4v) is 3.49. The summed E-state index contributed by atoms with van der Waals surface area (Å²) < 4.78 is 0. The number of hydrogen-bond donors (Lipinski definition) is 2. The second kappa shape index (κ2) is 17.7. The summed E-state index contributed by atoms with van der Waals surface area (Å²) in [5.74, 6) is 0. The maximum atomic E-state index is 10.0. The first kappa shape index (κ1) is 23.9. The second-order valence-electron chi connectivity index (χ2n) is 7.86. The summed E-state index contributed by atoms with van der Waals surface area (Å²) in [5, 5.41) is 13.1. The molecular formula is C22H47NO. The lowest BCUT2D eigenvalue weighted by Gasteiger charge is -2.23. The van der Waals surface area contributed by atoms with E-state index in [0.29, 0.717) is 0 Å². The molecule has 0 saturated carbocycles. The Bertz CT molecular complexity index is 240. The topological polar surface area (TPSA) is 32.3 Å². The third-order valence-corrected chi connectivity index (χ3v) is 5.07. The quantitative estimate of drug-likeness (QED) is 0.197. The molecule has 0 radical (unpaired) electrons. The number of rotatable bonds is 19. The molecule has 2 nitrogen and oxygen atoms in total. The van der Waals surface area contributed by atoms with Crippen LogP contribution in [0.1, 0.15) is 130 Å². The minimum atomic E-state index is -0.662. The maximum absolute atomic E-state index is 10.0. The van der Waals surface area contributed by atoms with E-state index in [2.05, 4.69) is 12.2 Å². The highest BCUT2D eigenvalue weighted by Crippen LogP contribution is 2.15. The van der Waals surface area contributed by atoms with Crippen molar-refractivity contribution in [3.8, 4) is 0 Å². The van der Waals surface area contributed by atoms with Gasteiger partial charge in [0.05, 0.1) is 0 Å². The van der Waals surface area contributed by atoms with Crippen molar-refractivity contribution in [3.05, 3.63) is 0 Å². The number of hydrogen-bond acceptors (Lipinski definition) is 2. The summed E-state index contributed by atoms with van der Waals surface area (Å²) in [6.07, 6.45) is 23.2. The van der Waals surface area contributed by atoms with Crippen LogP contribution in [0.3, 0.4) is 0 Å². The smallest absolute Gasteiger partial charge is 0.113 e. The molecule has 0 saturated heterocycles. The molecule has 24 heavy (non-hydrogen) atoms. The van der Waals surface area contributed by atoms with Crippen molar-refractivity contribution in [1.29, 1.82) is 0 Å². The largest absolute Gasteiger partial charge is 0.376 e. The van der Waals surface area contributed by atoms with Crippen molar-refractivity contribution in [3.63, 3.8) is 0 Å². The molecule has 0 aromatic carbocycles. The van der Waals surface area contributed by atoms with Crippen LogP contribution in [0.5, 0.6) is 0 Å². The fourth-order valence-electron chi connectivity index (χ4n) is 3.49. The lowest BCUT2D eigenvalue weighted by molar-refractivity contribution is 0.0151. The van der Waals surface area contributed by atoms with Gasteiger partial charge in [0, 0.05) is 0 Å². The third-order valence-electron chi connectivity index (χ3n) is 5.07. The fraction of sp³-hybridized carbons (Fsp3) is 1.00. The average molecular weight is 342 g/mol. The zero-order chi connectivity index (χ0) is 17.9. The van der Waals surface area contributed by atoms with Gasteiger partial charge < -0.3 is 5.11 Å². The van der Waals surface area contributed by atoms with E-state index in [4.69, 9.17) is 0 Å². The molecule has 0 aliphatic carbocycles. The molecule has 146 valence electrons. The molecule has 0 rings (SSSR count). The van der Waals surface area contributed by atoms with Gasteiger partial charge >= 0.3 is 0 Å². The Morgan fingerprint density at radius 3 is 1.25 bits per heavy atom. The third kappa shape index (κ3) is 18.3. The predicted octanol–water partition coefficient (Wildman–Crippen LogP) is 6.96. The molecule has 0 fully saturated rings. The van der Waals surface area contributed by atoms with Crippen LogP contribution in [0, 0.1) is 0 Å². The van der Waals surface area contributed by atoms with Crippen molar-refractivity contribution >= 4 is 0 Å². The lowest BCUT2D eigenvalue weighted by atomic mass is 10.0. The Kier molecular flexibility index (Phi) is 17.7. The summed E-state index contributed by atoms with van der Waals surface area (Å²) in [5.41, 5.74) is -0.662. The van der Waals surface area contributed by atoms with Crippen LogP contribution >= 0.6 is 0 Å². The molecule has 2 N–H and O–H groups in total. The Morgan fingerprint density at radius 2 is 0.917 bits per heavy atom. The normalized spacial score (nSPS) is 14.0. The van der Waals surface area contributed by atoms with Crippen molar-refractivity contribution in [2.75, 3.05) is 6.54 Å². The van der Waals surface area contributed by atoms with E-state index in [0.717, 1.165) is 19.4 Å². The summed E-state index contributed by atoms with van der Waals surface area (Å²) >= 11 is 0. The molecule has 2 heteroatoms. The number of unbranched alkanes of at least 4 members (excludes halogenated alkanes) is 15. The van der Waals surface area contributed by atoms with Crippen LogP contribution in [0.2, 0.25) is 0 Å². The van der Waals surface area contributed by atoms with Gasteiger partial charge in [-0.25, -0.2) is 0 Å². The number of aliphatic hydroxyl groups is 1. The van der Waals surface area contributed by atoms with Crippen molar-refractivity contribution in [2.24, 2.45) is 0 Å². The van der Waals surface area contributed by atoms with Crippen molar-refractivity contribution in [2.45, 2.75) is 136 Å². The molecule has 0 aromatic heterocycles. The van der Waals surface area contributed by atoms with Gasteiger partial charge in [0.1, 0.15) is 5.72 Å². The van der Waals surface area contributed by atoms with Crippen molar-refractivity contribution < 1.29 is 5.11 Å². The summed E-state index contributed by atoms with van der Waals surface area (Å²) in [6.45, 7) is 7.06. The monoisotopic (exact) mass is 341 g/mol. The number of nitrogens with one attached hydrogen (secondary N) is 1. The minimum Gasteiger partial charge on any atom is -0.376 e. The molecule has 1 unspecified atom stereocenters. The van der Waals surface area contributed by atoms with Crippen LogP contribution in [0.4, 0.5) is 0 Å². The van der Waals surface area contributed by atoms with Crippen LogP contribution in [-0.4, -0.2) is 17.4 Å². The standard InChI is InChI=1S/C22H47NO/c1-4-6-7-8-9-10-11-12-13-14-15-16-17-18-19-20-21-22(3,24)23-5-2/h23-24H,4-21H2,1-3H3. The first-order valence-electron chi connectivity index (χ1n) is 11.1. The molecule has 0 aromatic rings. The second-order valence-corrected chi connectivity index (χ2v) is 7.86. The highest BCUT2D eigenvalue weighted by molar-refractivity contribution is 4.68. The van der Waals surface area contributed by atoms with Gasteiger partial charge in [-0.2, -0.15) is 0 Å². The van der Waals surface area contributed by atoms with Crippen LogP contribution in [-0.2, 0) is 0 Å². The molecule has 0 amide bonds. The zero-order valence-corrected chi connectivity index (χ0v) is 17.2. The Balaban J connectivity index is 3.10. The minimum absolute atomic E-state index is 0.662. The van der Waals surface area contributed by atoms with Crippen molar-refractivity contribution in [1.82, 2.24) is 5.32 Å². The van der Waals surface area contributed by atoms with E-state index >= 15 is 0 Å². The SMILES string of the molecule is CCCCCCCCCCCCCCCCCCC(C)(O)NCC. The Labute approximate surface area is 153 Å². The van der Waals surface area contributed by atoms with Gasteiger partial charge in [-0.15, -0.1) is 0 Å².